The van der Waals surface area contributed by atoms with Crippen molar-refractivity contribution < 1.29 is 47.5 Å². The second kappa shape index (κ2) is 21.7. The van der Waals surface area contributed by atoms with Crippen LogP contribution in [0.4, 0.5) is 11.4 Å². The molecule has 1 saturated heterocycles. The third-order valence-electron chi connectivity index (χ3n) is 12.9. The zero-order valence-electron chi connectivity index (χ0n) is 40.7. The minimum Gasteiger partial charge on any atom is -0.493 e. The molecule has 0 bridgehead atoms. The number of nitrogens with one attached hydrogen (secondary N) is 3. The molecule has 16 heteroatoms. The van der Waals surface area contributed by atoms with Crippen molar-refractivity contribution in [2.45, 2.75) is 56.9 Å². The van der Waals surface area contributed by atoms with E-state index in [1.54, 1.807) is 64.2 Å². The Labute approximate surface area is 408 Å². The van der Waals surface area contributed by atoms with Gasteiger partial charge in [-0.15, -0.1) is 0 Å². The summed E-state index contributed by atoms with van der Waals surface area (Å²) < 4.78 is 46.0. The second-order valence-corrected chi connectivity index (χ2v) is 20.4. The molecule has 4 aromatic rings. The molecule has 3 aliphatic rings. The van der Waals surface area contributed by atoms with Gasteiger partial charge in [0, 0.05) is 59.1 Å². The van der Waals surface area contributed by atoms with E-state index >= 15 is 0 Å². The maximum atomic E-state index is 13.4. The minimum absolute atomic E-state index is 0.122. The summed E-state index contributed by atoms with van der Waals surface area (Å²) in [5.41, 5.74) is 5.54. The van der Waals surface area contributed by atoms with Gasteiger partial charge in [-0.1, -0.05) is 61.4 Å². The Morgan fingerprint density at radius 1 is 0.706 bits per heavy atom. The largest absolute Gasteiger partial charge is 0.493 e. The molecule has 0 aliphatic carbocycles. The fraction of sp³-hybridized carbons (Fsp3) is 0.423. The number of methoxy groups -OCH3 is 6. The maximum absolute atomic E-state index is 13.4. The van der Waals surface area contributed by atoms with Gasteiger partial charge in [0.25, 0.3) is 11.8 Å². The zero-order chi connectivity index (χ0) is 48.6. The molecule has 0 saturated carbocycles. The summed E-state index contributed by atoms with van der Waals surface area (Å²) >= 11 is 0. The van der Waals surface area contributed by atoms with E-state index < -0.39 is 17.4 Å². The van der Waals surface area contributed by atoms with Gasteiger partial charge >= 0.3 is 0 Å². The first-order valence-corrected chi connectivity index (χ1v) is 25.1. The van der Waals surface area contributed by atoms with Crippen LogP contribution in [-0.4, -0.2) is 111 Å². The van der Waals surface area contributed by atoms with Gasteiger partial charge in [-0.2, -0.15) is 0 Å². The zero-order valence-corrected chi connectivity index (χ0v) is 42.3. The van der Waals surface area contributed by atoms with Crippen molar-refractivity contribution in [3.8, 4) is 34.5 Å². The highest BCUT2D eigenvalue weighted by Gasteiger charge is 2.59. The fourth-order valence-electron chi connectivity index (χ4n) is 9.09. The highest BCUT2D eigenvalue weighted by atomic mass is 33.1. The van der Waals surface area contributed by atoms with Gasteiger partial charge in [-0.25, -0.2) is 0 Å². The molecule has 68 heavy (non-hydrogen) atoms. The van der Waals surface area contributed by atoms with E-state index in [-0.39, 0.29) is 17.2 Å². The number of benzene rings is 4. The molecule has 1 fully saturated rings. The molecule has 3 aliphatic heterocycles. The number of ether oxygens (including phenoxy) is 8. The van der Waals surface area contributed by atoms with Crippen molar-refractivity contribution in [3.63, 3.8) is 0 Å². The van der Waals surface area contributed by atoms with Crippen LogP contribution in [0.15, 0.2) is 72.8 Å². The van der Waals surface area contributed by atoms with Crippen molar-refractivity contribution in [3.05, 3.63) is 106 Å². The Bertz CT molecular complexity index is 2480. The number of amides is 2. The Balaban J connectivity index is 0.883. The molecule has 2 atom stereocenters. The molecule has 3 N–H and O–H groups in total. The molecule has 364 valence electrons. The highest BCUT2D eigenvalue weighted by Crippen LogP contribution is 2.55. The molecule has 4 aromatic carbocycles. The predicted molar refractivity (Wildman–Crippen MR) is 273 cm³/mol. The molecule has 14 nitrogen and oxygen atoms in total. The number of anilines is 2. The molecular formula is C52H64N4O10S2. The van der Waals surface area contributed by atoms with Gasteiger partial charge in [0.15, 0.2) is 28.7 Å². The van der Waals surface area contributed by atoms with Crippen LogP contribution in [-0.2, 0) is 20.3 Å². The number of carbonyl (C=O) groups excluding carboxylic acids is 2. The lowest BCUT2D eigenvalue weighted by Crippen LogP contribution is -2.51. The van der Waals surface area contributed by atoms with E-state index in [1.165, 1.54) is 0 Å². The van der Waals surface area contributed by atoms with Crippen LogP contribution in [0, 0.1) is 0 Å². The van der Waals surface area contributed by atoms with Crippen molar-refractivity contribution >= 4 is 56.9 Å². The summed E-state index contributed by atoms with van der Waals surface area (Å²) in [7, 11) is 12.9. The summed E-state index contributed by atoms with van der Waals surface area (Å²) in [6, 6.07) is 19.3. The third kappa shape index (κ3) is 10.3. The van der Waals surface area contributed by atoms with Crippen LogP contribution in [0.2, 0.25) is 0 Å². The molecule has 0 radical (unpaired) electrons. The van der Waals surface area contributed by atoms with E-state index in [0.717, 1.165) is 46.6 Å². The topological polar surface area (TPSA) is 147 Å². The van der Waals surface area contributed by atoms with Gasteiger partial charge in [0.2, 0.25) is 11.5 Å². The van der Waals surface area contributed by atoms with Gasteiger partial charge < -0.3 is 58.7 Å². The summed E-state index contributed by atoms with van der Waals surface area (Å²) in [6.45, 7) is 11.5. The second-order valence-electron chi connectivity index (χ2n) is 17.6. The standard InChI is InChI=1S/C52H64N4O10S2/c1-50(2)19-23-65-45(16-11-33-27-41(59-5)46(63-9)42(28-33)60-6)55-39-14-12-35(31-37(39)50)48(57)53-20-25-67-68-26-21-54-49(58)36-13-15-40-38(32-36)51(3,4)52(56(40)22-24-66-52)18-17-34-29-43(61-7)47(64-10)44(30-34)62-8/h11-18,27-32,45,55H,19-26H2,1-10H3,(H,53,57)(H,54,58)/b16-11+,18-17+. The van der Waals surface area contributed by atoms with E-state index in [9.17, 15) is 9.59 Å². The predicted octanol–water partition coefficient (Wildman–Crippen LogP) is 8.97. The van der Waals surface area contributed by atoms with Gasteiger partial charge in [-0.05, 0) is 107 Å². The fourth-order valence-corrected chi connectivity index (χ4v) is 10.9. The van der Waals surface area contributed by atoms with E-state index in [4.69, 9.17) is 37.9 Å². The highest BCUT2D eigenvalue weighted by molar-refractivity contribution is 8.76. The van der Waals surface area contributed by atoms with E-state index in [0.29, 0.717) is 83.4 Å². The Morgan fingerprint density at radius 3 is 1.78 bits per heavy atom. The van der Waals surface area contributed by atoms with Gasteiger partial charge in [-0.3, -0.25) is 9.59 Å². The number of rotatable bonds is 19. The molecule has 0 aromatic heterocycles. The average Bonchev–Trinajstić information content (AvgIpc) is 3.86. The summed E-state index contributed by atoms with van der Waals surface area (Å²) in [6.07, 6.45) is 8.40. The third-order valence-corrected chi connectivity index (χ3v) is 15.3. The Hall–Kier alpha value is -5.68. The van der Waals surface area contributed by atoms with Gasteiger partial charge in [0.05, 0.1) is 55.9 Å². The van der Waals surface area contributed by atoms with Crippen LogP contribution >= 0.6 is 21.6 Å². The van der Waals surface area contributed by atoms with Crippen molar-refractivity contribution in [2.24, 2.45) is 0 Å². The quantitative estimate of drug-likeness (QED) is 0.0607. The smallest absolute Gasteiger partial charge is 0.251 e. The summed E-state index contributed by atoms with van der Waals surface area (Å²) in [4.78, 5) is 29.1. The molecule has 2 unspecified atom stereocenters. The van der Waals surface area contributed by atoms with Crippen LogP contribution in [0.3, 0.4) is 0 Å². The number of fused-ring (bicyclic) bond motifs is 4. The number of nitrogens with zero attached hydrogens (tertiary/aromatic N) is 1. The summed E-state index contributed by atoms with van der Waals surface area (Å²) in [5.74, 6) is 4.53. The monoisotopic (exact) mass is 968 g/mol. The average molecular weight is 969 g/mol. The van der Waals surface area contributed by atoms with E-state index in [2.05, 4.69) is 54.6 Å². The van der Waals surface area contributed by atoms with Crippen molar-refractivity contribution in [1.29, 1.82) is 0 Å². The first-order valence-electron chi connectivity index (χ1n) is 22.6. The molecule has 2 amide bonds. The van der Waals surface area contributed by atoms with Crippen molar-refractivity contribution in [1.82, 2.24) is 10.6 Å². The van der Waals surface area contributed by atoms with Crippen LogP contribution in [0.1, 0.15) is 77.1 Å². The first kappa shape index (κ1) is 50.2. The molecular weight excluding hydrogens is 905 g/mol. The first-order chi connectivity index (χ1) is 32.7. The maximum Gasteiger partial charge on any atom is 0.251 e. The minimum atomic E-state index is -0.754. The lowest BCUT2D eigenvalue weighted by atomic mass is 9.77. The number of hydrogen-bond acceptors (Lipinski definition) is 14. The summed E-state index contributed by atoms with van der Waals surface area (Å²) in [5, 5.41) is 9.69. The number of carbonyl (C=O) groups is 2. The Morgan fingerprint density at radius 2 is 1.24 bits per heavy atom. The Kier molecular flexibility index (Phi) is 16.0. The normalized spacial score (nSPS) is 19.0. The molecule has 7 rings (SSSR count). The number of hydrogen-bond donors (Lipinski definition) is 3. The van der Waals surface area contributed by atoms with E-state index in [1.807, 2.05) is 78.9 Å². The molecule has 3 heterocycles. The molecule has 0 spiro atoms. The lowest BCUT2D eigenvalue weighted by Gasteiger charge is -2.39. The SMILES string of the molecule is COc1cc(/C=C/C2Nc3ccc(C(=O)NCCSSCCNC(=O)c4ccc5c(c4)C(C)(C)C4(/C=C/c6cc(OC)c(OC)c(OC)c6)OCCN54)cc3C(C)(C)CCO2)cc(OC)c1OC. The van der Waals surface area contributed by atoms with Crippen molar-refractivity contribution in [2.75, 3.05) is 97.2 Å². The van der Waals surface area contributed by atoms with Crippen LogP contribution in [0.25, 0.3) is 12.2 Å². The lowest BCUT2D eigenvalue weighted by molar-refractivity contribution is 0.000319. The van der Waals surface area contributed by atoms with Crippen LogP contribution < -0.4 is 49.3 Å². The van der Waals surface area contributed by atoms with Crippen LogP contribution in [0.5, 0.6) is 34.5 Å². The van der Waals surface area contributed by atoms with Gasteiger partial charge in [0.1, 0.15) is 6.23 Å².